The number of para-hydroxylation sites is 2. The Labute approximate surface area is 183 Å². The van der Waals surface area contributed by atoms with Crippen LogP contribution in [0.1, 0.15) is 22.3 Å². The predicted octanol–water partition coefficient (Wildman–Crippen LogP) is 5.19. The second-order valence-electron chi connectivity index (χ2n) is 7.40. The molecule has 0 radical (unpaired) electrons. The highest BCUT2D eigenvalue weighted by molar-refractivity contribution is 6.08. The molecule has 3 aromatic rings. The number of carbonyl (C=O) groups is 2. The van der Waals surface area contributed by atoms with Crippen molar-refractivity contribution in [3.63, 3.8) is 0 Å². The van der Waals surface area contributed by atoms with Gasteiger partial charge in [0, 0.05) is 19.6 Å². The number of rotatable bonds is 5. The normalized spacial score (nSPS) is 13.9. The first-order chi connectivity index (χ1) is 15.4. The first-order valence-corrected chi connectivity index (χ1v) is 10.1. The molecule has 0 saturated carbocycles. The summed E-state index contributed by atoms with van der Waals surface area (Å²) in [5.74, 6) is -3.24. The molecule has 4 rings (SSSR count). The molecule has 164 valence electrons. The maximum absolute atomic E-state index is 14.0. The van der Waals surface area contributed by atoms with Crippen molar-refractivity contribution in [3.8, 4) is 0 Å². The zero-order valence-corrected chi connectivity index (χ0v) is 17.0. The summed E-state index contributed by atoms with van der Waals surface area (Å²) in [6, 6.07) is 15.4. The van der Waals surface area contributed by atoms with Crippen LogP contribution in [-0.2, 0) is 6.54 Å². The van der Waals surface area contributed by atoms with Crippen molar-refractivity contribution in [3.05, 3.63) is 95.3 Å². The molecule has 1 aliphatic rings. The third kappa shape index (κ3) is 4.44. The lowest BCUT2D eigenvalue weighted by Gasteiger charge is -2.36. The van der Waals surface area contributed by atoms with Crippen molar-refractivity contribution in [1.82, 2.24) is 4.90 Å². The van der Waals surface area contributed by atoms with E-state index in [-0.39, 0.29) is 17.5 Å². The van der Waals surface area contributed by atoms with E-state index in [9.17, 15) is 22.8 Å². The van der Waals surface area contributed by atoms with Gasteiger partial charge in [-0.05, 0) is 48.4 Å². The van der Waals surface area contributed by atoms with Crippen LogP contribution < -0.4 is 10.2 Å². The molecule has 1 aliphatic heterocycles. The SMILES string of the molecule is O=C(Nc1ccccc1N1CCCN(Cc2ccc(F)cc2)C1=O)c1c(F)cccc1F. The van der Waals surface area contributed by atoms with E-state index in [4.69, 9.17) is 0 Å². The van der Waals surface area contributed by atoms with Gasteiger partial charge in [-0.25, -0.2) is 18.0 Å². The summed E-state index contributed by atoms with van der Waals surface area (Å²) in [7, 11) is 0. The Morgan fingerprint density at radius 1 is 0.875 bits per heavy atom. The molecule has 0 aliphatic carbocycles. The van der Waals surface area contributed by atoms with E-state index in [1.54, 1.807) is 41.3 Å². The number of hydrogen-bond acceptors (Lipinski definition) is 2. The van der Waals surface area contributed by atoms with Crippen LogP contribution in [0.25, 0.3) is 0 Å². The Bertz CT molecular complexity index is 1130. The van der Waals surface area contributed by atoms with Crippen LogP contribution in [0.5, 0.6) is 0 Å². The van der Waals surface area contributed by atoms with Gasteiger partial charge < -0.3 is 10.2 Å². The van der Waals surface area contributed by atoms with Gasteiger partial charge in [0.25, 0.3) is 5.91 Å². The minimum atomic E-state index is -0.973. The number of hydrogen-bond donors (Lipinski definition) is 1. The summed E-state index contributed by atoms with van der Waals surface area (Å²) in [6.45, 7) is 1.26. The van der Waals surface area contributed by atoms with Crippen LogP contribution in [0.4, 0.5) is 29.3 Å². The first-order valence-electron chi connectivity index (χ1n) is 10.1. The molecule has 0 atom stereocenters. The average molecular weight is 439 g/mol. The van der Waals surface area contributed by atoms with Gasteiger partial charge >= 0.3 is 6.03 Å². The molecule has 3 amide bonds. The van der Waals surface area contributed by atoms with Gasteiger partial charge in [0.15, 0.2) is 0 Å². The maximum Gasteiger partial charge on any atom is 0.324 e. The van der Waals surface area contributed by atoms with E-state index in [0.717, 1.165) is 17.7 Å². The molecule has 1 fully saturated rings. The Hall–Kier alpha value is -3.81. The molecule has 5 nitrogen and oxygen atoms in total. The van der Waals surface area contributed by atoms with Gasteiger partial charge in [-0.3, -0.25) is 9.69 Å². The zero-order valence-electron chi connectivity index (χ0n) is 17.0. The third-order valence-electron chi connectivity index (χ3n) is 5.23. The molecule has 0 aromatic heterocycles. The number of halogens is 3. The zero-order chi connectivity index (χ0) is 22.7. The van der Waals surface area contributed by atoms with Crippen LogP contribution in [0.2, 0.25) is 0 Å². The van der Waals surface area contributed by atoms with Crippen molar-refractivity contribution < 1.29 is 22.8 Å². The molecule has 8 heteroatoms. The predicted molar refractivity (Wildman–Crippen MR) is 115 cm³/mol. The minimum absolute atomic E-state index is 0.261. The highest BCUT2D eigenvalue weighted by Gasteiger charge is 2.29. The Morgan fingerprint density at radius 3 is 2.28 bits per heavy atom. The van der Waals surface area contributed by atoms with Crippen molar-refractivity contribution in [2.45, 2.75) is 13.0 Å². The third-order valence-corrected chi connectivity index (χ3v) is 5.23. The number of anilines is 2. The fourth-order valence-electron chi connectivity index (χ4n) is 3.68. The van der Waals surface area contributed by atoms with Crippen LogP contribution in [0, 0.1) is 17.5 Å². The smallest absolute Gasteiger partial charge is 0.320 e. The lowest BCUT2D eigenvalue weighted by molar-refractivity contribution is 0.101. The number of amides is 3. The molecule has 3 aromatic carbocycles. The summed E-state index contributed by atoms with van der Waals surface area (Å²) < 4.78 is 41.2. The number of carbonyl (C=O) groups excluding carboxylic acids is 2. The molecular weight excluding hydrogens is 419 g/mol. The second-order valence-corrected chi connectivity index (χ2v) is 7.40. The van der Waals surface area contributed by atoms with Crippen LogP contribution in [0.15, 0.2) is 66.7 Å². The first kappa shape index (κ1) is 21.4. The second kappa shape index (κ2) is 9.13. The molecule has 32 heavy (non-hydrogen) atoms. The minimum Gasteiger partial charge on any atom is -0.320 e. The van der Waals surface area contributed by atoms with E-state index in [1.807, 2.05) is 0 Å². The van der Waals surface area contributed by atoms with Gasteiger partial charge in [-0.15, -0.1) is 0 Å². The number of nitrogens with one attached hydrogen (secondary N) is 1. The molecule has 1 saturated heterocycles. The van der Waals surface area contributed by atoms with Crippen LogP contribution in [0.3, 0.4) is 0 Å². The topological polar surface area (TPSA) is 52.7 Å². The monoisotopic (exact) mass is 439 g/mol. The van der Waals surface area contributed by atoms with E-state index >= 15 is 0 Å². The van der Waals surface area contributed by atoms with Crippen molar-refractivity contribution in [2.75, 3.05) is 23.3 Å². The number of urea groups is 1. The van der Waals surface area contributed by atoms with Crippen molar-refractivity contribution in [1.29, 1.82) is 0 Å². The number of nitrogens with zero attached hydrogens (tertiary/aromatic N) is 2. The van der Waals surface area contributed by atoms with Crippen molar-refractivity contribution >= 4 is 23.3 Å². The highest BCUT2D eigenvalue weighted by Crippen LogP contribution is 2.30. The lowest BCUT2D eigenvalue weighted by atomic mass is 10.1. The van der Waals surface area contributed by atoms with Gasteiger partial charge in [-0.2, -0.15) is 0 Å². The summed E-state index contributed by atoms with van der Waals surface area (Å²) in [5, 5.41) is 2.52. The van der Waals surface area contributed by atoms with E-state index in [1.165, 1.54) is 23.1 Å². The fraction of sp³-hybridized carbons (Fsp3) is 0.167. The van der Waals surface area contributed by atoms with E-state index in [2.05, 4.69) is 5.32 Å². The molecule has 0 unspecified atom stereocenters. The molecular formula is C24H20F3N3O2. The molecule has 1 N–H and O–H groups in total. The standard InChI is InChI=1S/C24H20F3N3O2/c25-17-11-9-16(10-12-17)15-29-13-4-14-30(24(29)32)21-8-2-1-7-20(21)28-23(31)22-18(26)5-3-6-19(22)27/h1-3,5-12H,4,13-15H2,(H,28,31). The van der Waals surface area contributed by atoms with Crippen LogP contribution >= 0.6 is 0 Å². The Morgan fingerprint density at radius 2 is 1.56 bits per heavy atom. The van der Waals surface area contributed by atoms with Gasteiger partial charge in [0.05, 0.1) is 11.4 Å². The largest absolute Gasteiger partial charge is 0.324 e. The van der Waals surface area contributed by atoms with E-state index in [0.29, 0.717) is 31.7 Å². The maximum atomic E-state index is 14.0. The van der Waals surface area contributed by atoms with Gasteiger partial charge in [0.1, 0.15) is 23.0 Å². The molecule has 0 bridgehead atoms. The van der Waals surface area contributed by atoms with E-state index < -0.39 is 23.1 Å². The molecule has 0 spiro atoms. The van der Waals surface area contributed by atoms with Gasteiger partial charge in [-0.1, -0.05) is 30.3 Å². The highest BCUT2D eigenvalue weighted by atomic mass is 19.1. The van der Waals surface area contributed by atoms with Crippen molar-refractivity contribution in [2.24, 2.45) is 0 Å². The number of benzene rings is 3. The Kier molecular flexibility index (Phi) is 6.11. The summed E-state index contributed by atoms with van der Waals surface area (Å²) in [5.41, 5.74) is 0.784. The summed E-state index contributed by atoms with van der Waals surface area (Å²) >= 11 is 0. The van der Waals surface area contributed by atoms with Crippen LogP contribution in [-0.4, -0.2) is 29.9 Å². The quantitative estimate of drug-likeness (QED) is 0.595. The Balaban J connectivity index is 1.56. The average Bonchev–Trinajstić information content (AvgIpc) is 2.77. The fourth-order valence-corrected chi connectivity index (χ4v) is 3.68. The van der Waals surface area contributed by atoms with Gasteiger partial charge in [0.2, 0.25) is 0 Å². The summed E-state index contributed by atoms with van der Waals surface area (Å²) in [4.78, 5) is 28.9. The lowest BCUT2D eigenvalue weighted by Crippen LogP contribution is -2.49. The summed E-state index contributed by atoms with van der Waals surface area (Å²) in [6.07, 6.45) is 0.678. The molecule has 1 heterocycles.